The highest BCUT2D eigenvalue weighted by Gasteiger charge is 2.27. The maximum absolute atomic E-state index is 10.8. The molecule has 5 heteroatoms. The lowest BCUT2D eigenvalue weighted by molar-refractivity contribution is -0.138. The SMILES string of the molecule is NC1CC(CC(=O)O)CN(c2ccccc2Br)C1. The normalized spacial score (nSPS) is 24.0. The summed E-state index contributed by atoms with van der Waals surface area (Å²) < 4.78 is 1.02. The standard InChI is InChI=1S/C13H17BrN2O2/c14-11-3-1-2-4-12(11)16-7-9(6-13(17)18)5-10(15)8-16/h1-4,9-10H,5-8,15H2,(H,17,18). The lowest BCUT2D eigenvalue weighted by Crippen LogP contribution is -2.47. The molecule has 1 aromatic rings. The number of aliphatic carboxylic acids is 1. The number of nitrogens with two attached hydrogens (primary N) is 1. The summed E-state index contributed by atoms with van der Waals surface area (Å²) in [5.41, 5.74) is 7.11. The highest BCUT2D eigenvalue weighted by atomic mass is 79.9. The van der Waals surface area contributed by atoms with Gasteiger partial charge in [-0.3, -0.25) is 4.79 Å². The molecule has 3 N–H and O–H groups in total. The van der Waals surface area contributed by atoms with E-state index in [0.717, 1.165) is 29.7 Å². The minimum Gasteiger partial charge on any atom is -0.481 e. The first-order valence-corrected chi connectivity index (χ1v) is 6.82. The predicted molar refractivity (Wildman–Crippen MR) is 74.7 cm³/mol. The molecule has 98 valence electrons. The zero-order valence-corrected chi connectivity index (χ0v) is 11.6. The second kappa shape index (κ2) is 5.71. The van der Waals surface area contributed by atoms with Crippen LogP contribution >= 0.6 is 15.9 Å². The fourth-order valence-electron chi connectivity index (χ4n) is 2.55. The molecule has 4 nitrogen and oxygen atoms in total. The second-order valence-electron chi connectivity index (χ2n) is 4.82. The molecule has 1 aliphatic heterocycles. The van der Waals surface area contributed by atoms with Crippen LogP contribution < -0.4 is 10.6 Å². The topological polar surface area (TPSA) is 66.6 Å². The van der Waals surface area contributed by atoms with Crippen molar-refractivity contribution in [3.63, 3.8) is 0 Å². The number of hydrogen-bond donors (Lipinski definition) is 2. The summed E-state index contributed by atoms with van der Waals surface area (Å²) in [6, 6.07) is 8.00. The third-order valence-corrected chi connectivity index (χ3v) is 3.90. The maximum atomic E-state index is 10.8. The number of halogens is 1. The van der Waals surface area contributed by atoms with Gasteiger partial charge in [0.2, 0.25) is 0 Å². The first-order valence-electron chi connectivity index (χ1n) is 6.03. The summed E-state index contributed by atoms with van der Waals surface area (Å²) in [7, 11) is 0. The maximum Gasteiger partial charge on any atom is 0.303 e. The summed E-state index contributed by atoms with van der Waals surface area (Å²) in [4.78, 5) is 13.0. The number of carboxylic acids is 1. The highest BCUT2D eigenvalue weighted by molar-refractivity contribution is 9.10. The molecular weight excluding hydrogens is 296 g/mol. The number of rotatable bonds is 3. The van der Waals surface area contributed by atoms with Crippen LogP contribution in [-0.2, 0) is 4.79 Å². The molecule has 0 aliphatic carbocycles. The minimum atomic E-state index is -0.749. The Morgan fingerprint density at radius 3 is 2.83 bits per heavy atom. The fourth-order valence-corrected chi connectivity index (χ4v) is 3.08. The Morgan fingerprint density at radius 2 is 2.17 bits per heavy atom. The van der Waals surface area contributed by atoms with Gasteiger partial charge < -0.3 is 15.7 Å². The predicted octanol–water partition coefficient (Wildman–Crippen LogP) is 2.08. The van der Waals surface area contributed by atoms with E-state index in [4.69, 9.17) is 10.8 Å². The number of para-hydroxylation sites is 1. The van der Waals surface area contributed by atoms with Gasteiger partial charge in [-0.1, -0.05) is 12.1 Å². The number of anilines is 1. The number of piperidine rings is 1. The van der Waals surface area contributed by atoms with Crippen molar-refractivity contribution in [3.8, 4) is 0 Å². The quantitative estimate of drug-likeness (QED) is 0.896. The Hall–Kier alpha value is -1.07. The number of benzene rings is 1. The molecule has 18 heavy (non-hydrogen) atoms. The van der Waals surface area contributed by atoms with Crippen LogP contribution in [0.15, 0.2) is 28.7 Å². The molecule has 2 unspecified atom stereocenters. The molecule has 0 saturated carbocycles. The van der Waals surface area contributed by atoms with E-state index in [1.165, 1.54) is 0 Å². The Balaban J connectivity index is 2.13. The van der Waals surface area contributed by atoms with Gasteiger partial charge >= 0.3 is 5.97 Å². The van der Waals surface area contributed by atoms with E-state index in [1.54, 1.807) is 0 Å². The molecule has 1 aromatic carbocycles. The highest BCUT2D eigenvalue weighted by Crippen LogP contribution is 2.30. The van der Waals surface area contributed by atoms with Crippen LogP contribution in [0.1, 0.15) is 12.8 Å². The molecule has 1 saturated heterocycles. The van der Waals surface area contributed by atoms with E-state index in [-0.39, 0.29) is 18.4 Å². The van der Waals surface area contributed by atoms with Crippen molar-refractivity contribution in [2.24, 2.45) is 11.7 Å². The van der Waals surface area contributed by atoms with Crippen LogP contribution in [0.25, 0.3) is 0 Å². The van der Waals surface area contributed by atoms with Gasteiger partial charge in [0.05, 0.1) is 5.69 Å². The van der Waals surface area contributed by atoms with Crippen molar-refractivity contribution in [1.29, 1.82) is 0 Å². The van der Waals surface area contributed by atoms with Gasteiger partial charge in [-0.2, -0.15) is 0 Å². The average Bonchev–Trinajstić information content (AvgIpc) is 2.27. The van der Waals surface area contributed by atoms with Crippen LogP contribution in [0.5, 0.6) is 0 Å². The van der Waals surface area contributed by atoms with Crippen molar-refractivity contribution in [2.75, 3.05) is 18.0 Å². The van der Waals surface area contributed by atoms with E-state index < -0.39 is 5.97 Å². The van der Waals surface area contributed by atoms with Gasteiger partial charge in [0.15, 0.2) is 0 Å². The third kappa shape index (κ3) is 3.23. The van der Waals surface area contributed by atoms with Crippen molar-refractivity contribution < 1.29 is 9.90 Å². The zero-order valence-electron chi connectivity index (χ0n) is 10.1. The van der Waals surface area contributed by atoms with Crippen LogP contribution in [-0.4, -0.2) is 30.2 Å². The van der Waals surface area contributed by atoms with Crippen LogP contribution in [0, 0.1) is 5.92 Å². The Labute approximate surface area is 115 Å². The summed E-state index contributed by atoms with van der Waals surface area (Å²) >= 11 is 3.52. The first kappa shape index (κ1) is 13.4. The largest absolute Gasteiger partial charge is 0.481 e. The molecule has 2 atom stereocenters. The summed E-state index contributed by atoms with van der Waals surface area (Å²) in [6.45, 7) is 1.53. The number of hydrogen-bond acceptors (Lipinski definition) is 3. The molecular formula is C13H17BrN2O2. The number of nitrogens with zero attached hydrogens (tertiary/aromatic N) is 1. The lowest BCUT2D eigenvalue weighted by atomic mass is 9.91. The fraction of sp³-hybridized carbons (Fsp3) is 0.462. The van der Waals surface area contributed by atoms with Gasteiger partial charge in [0.1, 0.15) is 0 Å². The molecule has 0 amide bonds. The van der Waals surface area contributed by atoms with Gasteiger partial charge in [-0.15, -0.1) is 0 Å². The van der Waals surface area contributed by atoms with Gasteiger partial charge in [-0.05, 0) is 40.4 Å². The van der Waals surface area contributed by atoms with Gasteiger partial charge in [-0.25, -0.2) is 0 Å². The summed E-state index contributed by atoms with van der Waals surface area (Å²) in [6.07, 6.45) is 0.974. The third-order valence-electron chi connectivity index (χ3n) is 3.23. The molecule has 0 spiro atoms. The Bertz CT molecular complexity index is 439. The molecule has 1 heterocycles. The lowest BCUT2D eigenvalue weighted by Gasteiger charge is -2.37. The Morgan fingerprint density at radius 1 is 1.44 bits per heavy atom. The monoisotopic (exact) mass is 312 g/mol. The smallest absolute Gasteiger partial charge is 0.303 e. The second-order valence-corrected chi connectivity index (χ2v) is 5.67. The summed E-state index contributed by atoms with van der Waals surface area (Å²) in [5, 5.41) is 8.89. The van der Waals surface area contributed by atoms with Crippen LogP contribution in [0.2, 0.25) is 0 Å². The summed E-state index contributed by atoms with van der Waals surface area (Å²) in [5.74, 6) is -0.625. The van der Waals surface area contributed by atoms with Crippen molar-refractivity contribution in [2.45, 2.75) is 18.9 Å². The van der Waals surface area contributed by atoms with E-state index in [0.29, 0.717) is 0 Å². The van der Waals surface area contributed by atoms with Crippen LogP contribution in [0.3, 0.4) is 0 Å². The molecule has 1 aliphatic rings. The molecule has 1 fully saturated rings. The minimum absolute atomic E-state index is 0.0372. The van der Waals surface area contributed by atoms with E-state index in [9.17, 15) is 4.79 Å². The zero-order chi connectivity index (χ0) is 13.1. The van der Waals surface area contributed by atoms with Crippen molar-refractivity contribution in [3.05, 3.63) is 28.7 Å². The molecule has 2 rings (SSSR count). The van der Waals surface area contributed by atoms with Gasteiger partial charge in [0.25, 0.3) is 0 Å². The number of carboxylic acid groups (broad SMARTS) is 1. The first-order chi connectivity index (χ1) is 8.56. The average molecular weight is 313 g/mol. The number of carbonyl (C=O) groups is 1. The molecule has 0 radical (unpaired) electrons. The van der Waals surface area contributed by atoms with Crippen LogP contribution in [0.4, 0.5) is 5.69 Å². The Kier molecular flexibility index (Phi) is 4.24. The van der Waals surface area contributed by atoms with E-state index in [2.05, 4.69) is 20.8 Å². The van der Waals surface area contributed by atoms with E-state index in [1.807, 2.05) is 24.3 Å². The molecule has 0 aromatic heterocycles. The van der Waals surface area contributed by atoms with Gasteiger partial charge in [0, 0.05) is 30.0 Å². The van der Waals surface area contributed by atoms with E-state index >= 15 is 0 Å². The van der Waals surface area contributed by atoms with Crippen molar-refractivity contribution in [1.82, 2.24) is 0 Å². The van der Waals surface area contributed by atoms with Crippen molar-refractivity contribution >= 4 is 27.6 Å². The molecule has 0 bridgehead atoms.